The Morgan fingerprint density at radius 3 is 2.33 bits per heavy atom. The second-order valence-electron chi connectivity index (χ2n) is 12.6. The molecule has 0 bridgehead atoms. The standard InChI is InChI=1S/C38H48N3.C2H6/c1-29(38(3,34-17-7-5-8-18-34)35-19-9-6-10-20-35)39-30(2)40-36-24-22-31(23-25-36)26-27-41(4)28-33-14-11-12-21-37(33)32-15-13-16-32;1-2/h5-9,11-12,14,17-19,21,28-29,31-32,36,39-40H,2,13,15-16,22-27H2,1,3-4H3;1-2H3/q+1;. The van der Waals surface area contributed by atoms with Gasteiger partial charge in [-0.05, 0) is 93.5 Å². The molecule has 3 nitrogen and oxygen atoms in total. The Morgan fingerprint density at radius 2 is 1.67 bits per heavy atom. The number of rotatable bonds is 12. The molecule has 0 spiro atoms. The molecule has 2 atom stereocenters. The molecule has 2 aliphatic carbocycles. The molecule has 43 heavy (non-hydrogen) atoms. The van der Waals surface area contributed by atoms with Crippen LogP contribution in [0, 0.1) is 18.1 Å². The van der Waals surface area contributed by atoms with Crippen molar-refractivity contribution in [1.82, 2.24) is 10.6 Å². The third-order valence-corrected chi connectivity index (χ3v) is 9.85. The van der Waals surface area contributed by atoms with Crippen LogP contribution in [-0.4, -0.2) is 36.5 Å². The molecule has 2 aliphatic rings. The molecule has 3 heteroatoms. The van der Waals surface area contributed by atoms with Gasteiger partial charge in [0.2, 0.25) is 0 Å². The average Bonchev–Trinajstić information content (AvgIpc) is 3.02. The summed E-state index contributed by atoms with van der Waals surface area (Å²) in [5, 5.41) is 7.44. The maximum absolute atomic E-state index is 4.39. The lowest BCUT2D eigenvalue weighted by Crippen LogP contribution is -2.48. The van der Waals surface area contributed by atoms with Crippen LogP contribution in [0.3, 0.4) is 0 Å². The van der Waals surface area contributed by atoms with Gasteiger partial charge in [-0.25, -0.2) is 4.58 Å². The highest BCUT2D eigenvalue weighted by atomic mass is 15.1. The van der Waals surface area contributed by atoms with Crippen molar-refractivity contribution in [2.75, 3.05) is 13.6 Å². The Balaban J connectivity index is 0.00000207. The van der Waals surface area contributed by atoms with Crippen molar-refractivity contribution in [2.45, 2.75) is 102 Å². The van der Waals surface area contributed by atoms with E-state index in [-0.39, 0.29) is 11.5 Å². The van der Waals surface area contributed by atoms with E-state index in [0.29, 0.717) is 6.04 Å². The van der Waals surface area contributed by atoms with E-state index in [2.05, 4.69) is 128 Å². The van der Waals surface area contributed by atoms with Crippen LogP contribution in [0.4, 0.5) is 0 Å². The second kappa shape index (κ2) is 15.8. The van der Waals surface area contributed by atoms with E-state index in [1.807, 2.05) is 19.9 Å². The lowest BCUT2D eigenvalue weighted by atomic mass is 9.71. The van der Waals surface area contributed by atoms with Gasteiger partial charge in [-0.3, -0.25) is 0 Å². The molecule has 2 N–H and O–H groups in total. The van der Waals surface area contributed by atoms with Crippen molar-refractivity contribution in [2.24, 2.45) is 5.92 Å². The maximum atomic E-state index is 4.39. The molecule has 2 unspecified atom stereocenters. The predicted molar refractivity (Wildman–Crippen MR) is 183 cm³/mol. The number of benzene rings is 2. The molecular weight excluding hydrogens is 522 g/mol. The minimum Gasteiger partial charge on any atom is -0.370 e. The van der Waals surface area contributed by atoms with E-state index in [4.69, 9.17) is 0 Å². The molecule has 0 aliphatic heterocycles. The summed E-state index contributed by atoms with van der Waals surface area (Å²) in [5.74, 6) is 2.49. The van der Waals surface area contributed by atoms with Crippen LogP contribution in [-0.2, 0) is 5.41 Å². The Bertz CT molecular complexity index is 1240. The molecule has 2 fully saturated rings. The van der Waals surface area contributed by atoms with Gasteiger partial charge in [-0.2, -0.15) is 0 Å². The molecule has 2 saturated carbocycles. The Morgan fingerprint density at radius 1 is 0.977 bits per heavy atom. The highest BCUT2D eigenvalue weighted by Crippen LogP contribution is 2.38. The summed E-state index contributed by atoms with van der Waals surface area (Å²) in [6.45, 7) is 14.0. The second-order valence-corrected chi connectivity index (χ2v) is 12.6. The van der Waals surface area contributed by atoms with Gasteiger partial charge in [-0.1, -0.05) is 93.6 Å². The van der Waals surface area contributed by atoms with Gasteiger partial charge in [0.25, 0.3) is 0 Å². The first-order valence-electron chi connectivity index (χ1n) is 16.7. The fourth-order valence-corrected chi connectivity index (χ4v) is 6.78. The van der Waals surface area contributed by atoms with Crippen LogP contribution in [0.1, 0.15) is 107 Å². The monoisotopic (exact) mass is 576 g/mol. The highest BCUT2D eigenvalue weighted by molar-refractivity contribution is 5.78. The Kier molecular flexibility index (Phi) is 11.9. The molecule has 228 valence electrons. The van der Waals surface area contributed by atoms with Crippen molar-refractivity contribution in [3.05, 3.63) is 120 Å². The molecule has 0 heterocycles. The lowest BCUT2D eigenvalue weighted by molar-refractivity contribution is -0.493. The summed E-state index contributed by atoms with van der Waals surface area (Å²) in [6.07, 6.45) is 12.7. The molecular formula is C40H54N3+. The summed E-state index contributed by atoms with van der Waals surface area (Å²) < 4.78 is 2.42. The summed E-state index contributed by atoms with van der Waals surface area (Å²) in [4.78, 5) is 0. The van der Waals surface area contributed by atoms with Gasteiger partial charge in [0, 0.05) is 35.0 Å². The third kappa shape index (κ3) is 8.32. The minimum atomic E-state index is -0.261. The minimum absolute atomic E-state index is 0.120. The lowest BCUT2D eigenvalue weighted by Gasteiger charge is -2.38. The van der Waals surface area contributed by atoms with E-state index < -0.39 is 0 Å². The average molecular weight is 577 g/mol. The first-order chi connectivity index (χ1) is 20.9. The van der Waals surface area contributed by atoms with E-state index in [1.54, 1.807) is 5.56 Å². The van der Waals surface area contributed by atoms with Crippen LogP contribution in [0.5, 0.6) is 0 Å². The fourth-order valence-electron chi connectivity index (χ4n) is 6.78. The fraction of sp³-hybridized carbons (Fsp3) is 0.475. The number of hydrogen-bond donors (Lipinski definition) is 2. The smallest absolute Gasteiger partial charge is 0.170 e. The van der Waals surface area contributed by atoms with Gasteiger partial charge in [0.05, 0.1) is 5.82 Å². The van der Waals surface area contributed by atoms with Crippen LogP contribution in [0.15, 0.2) is 85.2 Å². The topological polar surface area (TPSA) is 27.1 Å². The molecule has 0 amide bonds. The summed E-state index contributed by atoms with van der Waals surface area (Å²) >= 11 is 0. The predicted octanol–water partition coefficient (Wildman–Crippen LogP) is 8.64. The van der Waals surface area contributed by atoms with Gasteiger partial charge in [0.1, 0.15) is 13.6 Å². The zero-order chi connectivity index (χ0) is 30.7. The van der Waals surface area contributed by atoms with Crippen molar-refractivity contribution >= 4 is 6.21 Å². The van der Waals surface area contributed by atoms with E-state index in [0.717, 1.165) is 29.8 Å². The van der Waals surface area contributed by atoms with Gasteiger partial charge < -0.3 is 10.6 Å². The molecule has 0 aromatic heterocycles. The van der Waals surface area contributed by atoms with Crippen molar-refractivity contribution in [3.8, 4) is 0 Å². The van der Waals surface area contributed by atoms with Crippen LogP contribution >= 0.6 is 0 Å². The highest BCUT2D eigenvalue weighted by Gasteiger charge is 2.36. The zero-order valence-corrected chi connectivity index (χ0v) is 27.3. The molecule has 0 radical (unpaired) electrons. The van der Waals surface area contributed by atoms with Crippen LogP contribution in [0.2, 0.25) is 0 Å². The molecule has 3 aromatic rings. The first kappa shape index (κ1) is 32.4. The van der Waals surface area contributed by atoms with Crippen molar-refractivity contribution < 1.29 is 4.58 Å². The van der Waals surface area contributed by atoms with Gasteiger partial charge in [-0.15, -0.1) is 0 Å². The Labute approximate surface area is 262 Å². The number of nitrogens with zero attached hydrogens (tertiary/aromatic N) is 1. The largest absolute Gasteiger partial charge is 0.370 e. The molecule has 5 rings (SSSR count). The van der Waals surface area contributed by atoms with E-state index >= 15 is 0 Å². The summed E-state index contributed by atoms with van der Waals surface area (Å²) in [7, 11) is 2.25. The van der Waals surface area contributed by atoms with Gasteiger partial charge in [0.15, 0.2) is 6.21 Å². The van der Waals surface area contributed by atoms with E-state index in [9.17, 15) is 0 Å². The number of nitrogens with one attached hydrogen (secondary N) is 2. The van der Waals surface area contributed by atoms with Crippen LogP contribution < -0.4 is 10.6 Å². The molecule has 0 saturated heterocycles. The normalized spacial score (nSPS) is 19.6. The quantitative estimate of drug-likeness (QED) is 0.167. The maximum Gasteiger partial charge on any atom is 0.170 e. The summed E-state index contributed by atoms with van der Waals surface area (Å²) in [5.41, 5.74) is 5.10. The van der Waals surface area contributed by atoms with Crippen molar-refractivity contribution in [1.29, 1.82) is 0 Å². The Hall–Kier alpha value is -3.51. The molecule has 3 aromatic carbocycles. The SMILES string of the molecule is C=C(NC1CCC(CC[N+](C)=Cc2ccccc2C2CCC2)CC1)NC(C)C(C)(c1c#cccc1)c1ccccc1.CC. The van der Waals surface area contributed by atoms with Crippen LogP contribution in [0.25, 0.3) is 0 Å². The van der Waals surface area contributed by atoms with Crippen molar-refractivity contribution in [3.63, 3.8) is 0 Å². The summed E-state index contributed by atoms with van der Waals surface area (Å²) in [6, 6.07) is 33.0. The first-order valence-corrected chi connectivity index (χ1v) is 16.7. The zero-order valence-electron chi connectivity index (χ0n) is 27.3. The van der Waals surface area contributed by atoms with E-state index in [1.165, 1.54) is 62.5 Å². The third-order valence-electron chi connectivity index (χ3n) is 9.85. The van der Waals surface area contributed by atoms with Gasteiger partial charge >= 0.3 is 0 Å². The number of hydrogen-bond acceptors (Lipinski definition) is 2.